The molecule has 0 bridgehead atoms. The molecule has 0 spiro atoms. The summed E-state index contributed by atoms with van der Waals surface area (Å²) in [5.41, 5.74) is 0. The van der Waals surface area contributed by atoms with Crippen LogP contribution in [0.4, 0.5) is 0 Å². The van der Waals surface area contributed by atoms with Crippen LogP contribution in [0.1, 0.15) is 39.0 Å². The van der Waals surface area contributed by atoms with Gasteiger partial charge in [-0.2, -0.15) is 0 Å². The summed E-state index contributed by atoms with van der Waals surface area (Å²) in [4.78, 5) is 25.2. The number of amides is 2. The van der Waals surface area contributed by atoms with Crippen LogP contribution in [0.3, 0.4) is 0 Å². The Morgan fingerprint density at radius 2 is 2.21 bits per heavy atom. The molecular formula is C14H27N3O2. The maximum atomic E-state index is 12.2. The number of likely N-dealkylation sites (N-methyl/N-ethyl adjacent to an activating group) is 1. The molecule has 1 fully saturated rings. The van der Waals surface area contributed by atoms with Gasteiger partial charge in [0.1, 0.15) is 0 Å². The van der Waals surface area contributed by atoms with Crippen molar-refractivity contribution in [1.29, 1.82) is 0 Å². The first-order valence-electron chi connectivity index (χ1n) is 7.36. The van der Waals surface area contributed by atoms with Crippen molar-refractivity contribution in [2.45, 2.75) is 39.0 Å². The molecule has 0 aromatic rings. The van der Waals surface area contributed by atoms with Crippen LogP contribution in [-0.2, 0) is 9.59 Å². The molecule has 5 heteroatoms. The third kappa shape index (κ3) is 6.05. The molecule has 0 saturated carbocycles. The molecule has 1 heterocycles. The lowest BCUT2D eigenvalue weighted by atomic mass is 9.94. The second-order valence-corrected chi connectivity index (χ2v) is 5.24. The van der Waals surface area contributed by atoms with Crippen LogP contribution in [0.2, 0.25) is 0 Å². The van der Waals surface area contributed by atoms with Gasteiger partial charge in [-0.1, -0.05) is 6.92 Å². The van der Waals surface area contributed by atoms with Crippen molar-refractivity contribution in [3.8, 4) is 0 Å². The number of hydrogen-bond donors (Lipinski definition) is 2. The first-order chi connectivity index (χ1) is 9.17. The van der Waals surface area contributed by atoms with Gasteiger partial charge in [-0.3, -0.25) is 9.59 Å². The van der Waals surface area contributed by atoms with Crippen LogP contribution in [-0.4, -0.2) is 49.9 Å². The van der Waals surface area contributed by atoms with E-state index in [9.17, 15) is 9.59 Å². The highest BCUT2D eigenvalue weighted by atomic mass is 16.2. The number of hydrogen-bond acceptors (Lipinski definition) is 3. The highest BCUT2D eigenvalue weighted by Crippen LogP contribution is 2.16. The van der Waals surface area contributed by atoms with E-state index in [4.69, 9.17) is 0 Å². The second-order valence-electron chi connectivity index (χ2n) is 5.24. The first kappa shape index (κ1) is 16.0. The summed E-state index contributed by atoms with van der Waals surface area (Å²) in [5, 5.41) is 5.94. The van der Waals surface area contributed by atoms with Crippen LogP contribution in [0, 0.1) is 5.92 Å². The lowest BCUT2D eigenvalue weighted by Gasteiger charge is -2.25. The van der Waals surface area contributed by atoms with E-state index in [1.54, 1.807) is 11.9 Å². The molecule has 1 aliphatic heterocycles. The lowest BCUT2D eigenvalue weighted by Crippen LogP contribution is -2.40. The fourth-order valence-electron chi connectivity index (χ4n) is 2.47. The molecule has 5 nitrogen and oxygen atoms in total. The molecular weight excluding hydrogens is 242 g/mol. The number of nitrogens with zero attached hydrogens (tertiary/aromatic N) is 1. The Hall–Kier alpha value is -1.10. The number of carbonyl (C=O) groups is 2. The maximum Gasteiger partial charge on any atom is 0.239 e. The van der Waals surface area contributed by atoms with Gasteiger partial charge < -0.3 is 15.5 Å². The van der Waals surface area contributed by atoms with Gasteiger partial charge in [-0.15, -0.1) is 0 Å². The molecule has 1 rings (SSSR count). The van der Waals surface area contributed by atoms with Crippen molar-refractivity contribution < 1.29 is 9.59 Å². The topological polar surface area (TPSA) is 61.4 Å². The summed E-state index contributed by atoms with van der Waals surface area (Å²) in [5.74, 6) is 0.623. The summed E-state index contributed by atoms with van der Waals surface area (Å²) in [6.07, 6.45) is 4.79. The average molecular weight is 269 g/mol. The van der Waals surface area contributed by atoms with Crippen molar-refractivity contribution in [3.05, 3.63) is 0 Å². The Kier molecular flexibility index (Phi) is 7.48. The van der Waals surface area contributed by atoms with Crippen LogP contribution < -0.4 is 10.6 Å². The smallest absolute Gasteiger partial charge is 0.239 e. The molecule has 19 heavy (non-hydrogen) atoms. The van der Waals surface area contributed by atoms with E-state index in [1.807, 2.05) is 6.92 Å². The van der Waals surface area contributed by atoms with Crippen molar-refractivity contribution in [1.82, 2.24) is 15.5 Å². The third-order valence-corrected chi connectivity index (χ3v) is 3.62. The fourth-order valence-corrected chi connectivity index (χ4v) is 2.47. The van der Waals surface area contributed by atoms with E-state index < -0.39 is 0 Å². The largest absolute Gasteiger partial charge is 0.358 e. The molecule has 2 N–H and O–H groups in total. The summed E-state index contributed by atoms with van der Waals surface area (Å²) in [7, 11) is 1.60. The minimum atomic E-state index is -0.0962. The third-order valence-electron chi connectivity index (χ3n) is 3.62. The molecule has 1 unspecified atom stereocenters. The van der Waals surface area contributed by atoms with Gasteiger partial charge in [0.2, 0.25) is 11.8 Å². The Balaban J connectivity index is 2.35. The van der Waals surface area contributed by atoms with Gasteiger partial charge in [0, 0.05) is 20.0 Å². The monoisotopic (exact) mass is 269 g/mol. The van der Waals surface area contributed by atoms with Gasteiger partial charge in [-0.05, 0) is 44.7 Å². The zero-order valence-electron chi connectivity index (χ0n) is 12.2. The highest BCUT2D eigenvalue weighted by molar-refractivity contribution is 5.84. The molecule has 110 valence electrons. The predicted octanol–water partition coefficient (Wildman–Crippen LogP) is 0.751. The summed E-state index contributed by atoms with van der Waals surface area (Å²) < 4.78 is 0. The van der Waals surface area contributed by atoms with Crippen LogP contribution in [0.15, 0.2) is 0 Å². The van der Waals surface area contributed by atoms with E-state index in [1.165, 1.54) is 12.8 Å². The Bertz CT molecular complexity index is 288. The van der Waals surface area contributed by atoms with Crippen molar-refractivity contribution >= 4 is 11.8 Å². The highest BCUT2D eigenvalue weighted by Gasteiger charge is 2.19. The molecule has 1 saturated heterocycles. The zero-order valence-corrected chi connectivity index (χ0v) is 12.2. The number of nitrogens with one attached hydrogen (secondary N) is 2. The summed E-state index contributed by atoms with van der Waals surface area (Å²) >= 11 is 0. The van der Waals surface area contributed by atoms with Crippen molar-refractivity contribution in [2.24, 2.45) is 5.92 Å². The molecule has 0 aliphatic carbocycles. The minimum absolute atomic E-state index is 0.0962. The van der Waals surface area contributed by atoms with Gasteiger partial charge in [0.15, 0.2) is 0 Å². The maximum absolute atomic E-state index is 12.2. The van der Waals surface area contributed by atoms with Gasteiger partial charge in [-0.25, -0.2) is 0 Å². The predicted molar refractivity (Wildman–Crippen MR) is 75.8 cm³/mol. The average Bonchev–Trinajstić information content (AvgIpc) is 2.45. The quantitative estimate of drug-likeness (QED) is 0.717. The van der Waals surface area contributed by atoms with E-state index >= 15 is 0 Å². The van der Waals surface area contributed by atoms with Gasteiger partial charge in [0.25, 0.3) is 0 Å². The van der Waals surface area contributed by atoms with Crippen molar-refractivity contribution in [2.75, 3.05) is 33.2 Å². The number of rotatable bonds is 7. The molecule has 1 atom stereocenters. The summed E-state index contributed by atoms with van der Waals surface area (Å²) in [6, 6.07) is 0. The Morgan fingerprint density at radius 1 is 1.42 bits per heavy atom. The second kappa shape index (κ2) is 8.91. The molecule has 0 radical (unpaired) electrons. The Morgan fingerprint density at radius 3 is 2.79 bits per heavy atom. The molecule has 2 amide bonds. The molecule has 1 aliphatic rings. The van der Waals surface area contributed by atoms with E-state index in [-0.39, 0.29) is 18.4 Å². The van der Waals surface area contributed by atoms with E-state index in [2.05, 4.69) is 10.6 Å². The van der Waals surface area contributed by atoms with Gasteiger partial charge >= 0.3 is 0 Å². The van der Waals surface area contributed by atoms with Gasteiger partial charge in [0.05, 0.1) is 6.54 Å². The standard InChI is InChI=1S/C14H27N3O2/c1-3-9-17(11-13(18)15-2)14(19)7-6-12-5-4-8-16-10-12/h12,16H,3-11H2,1-2H3,(H,15,18). The van der Waals surface area contributed by atoms with E-state index in [0.717, 1.165) is 25.9 Å². The summed E-state index contributed by atoms with van der Waals surface area (Å²) in [6.45, 7) is 5.00. The van der Waals surface area contributed by atoms with E-state index in [0.29, 0.717) is 18.9 Å². The molecule has 0 aromatic carbocycles. The normalized spacial score (nSPS) is 18.9. The first-order valence-corrected chi connectivity index (χ1v) is 7.36. The van der Waals surface area contributed by atoms with Crippen LogP contribution >= 0.6 is 0 Å². The zero-order chi connectivity index (χ0) is 14.1. The molecule has 0 aromatic heterocycles. The van der Waals surface area contributed by atoms with Crippen LogP contribution in [0.25, 0.3) is 0 Å². The lowest BCUT2D eigenvalue weighted by molar-refractivity contribution is -0.136. The number of carbonyl (C=O) groups excluding carboxylic acids is 2. The fraction of sp³-hybridized carbons (Fsp3) is 0.857. The van der Waals surface area contributed by atoms with Crippen molar-refractivity contribution in [3.63, 3.8) is 0 Å². The SMILES string of the molecule is CCCN(CC(=O)NC)C(=O)CCC1CCCNC1. The Labute approximate surface area is 116 Å². The number of piperidine rings is 1. The minimum Gasteiger partial charge on any atom is -0.358 e. The van der Waals surface area contributed by atoms with Crippen LogP contribution in [0.5, 0.6) is 0 Å².